The lowest BCUT2D eigenvalue weighted by Gasteiger charge is -2.36. The molecule has 0 unspecified atom stereocenters. The largest absolute Gasteiger partial charge is 0.497 e. The molecule has 6 heteroatoms. The Balaban J connectivity index is 1.38. The number of benzene rings is 1. The van der Waals surface area contributed by atoms with Gasteiger partial charge in [-0.25, -0.2) is 0 Å². The minimum Gasteiger partial charge on any atom is -0.497 e. The molecule has 3 heterocycles. The molecule has 1 aromatic carbocycles. The number of methoxy groups -OCH3 is 1. The molecule has 3 aromatic rings. The Morgan fingerprint density at radius 2 is 1.75 bits per heavy atom. The molecular weight excluding hydrogens is 370 g/mol. The number of carbonyl (C=O) groups is 1. The zero-order chi connectivity index (χ0) is 19.3. The zero-order valence-corrected chi connectivity index (χ0v) is 16.8. The van der Waals surface area contributed by atoms with E-state index < -0.39 is 0 Å². The van der Waals surface area contributed by atoms with Gasteiger partial charge in [0.25, 0.3) is 0 Å². The van der Waals surface area contributed by atoms with Gasteiger partial charge in [-0.2, -0.15) is 0 Å². The van der Waals surface area contributed by atoms with E-state index in [2.05, 4.69) is 39.1 Å². The first-order valence-electron chi connectivity index (χ1n) is 9.57. The molecule has 1 atom stereocenters. The van der Waals surface area contributed by atoms with Crippen molar-refractivity contribution in [2.24, 2.45) is 0 Å². The summed E-state index contributed by atoms with van der Waals surface area (Å²) in [6.07, 6.45) is 4.58. The quantitative estimate of drug-likeness (QED) is 0.636. The summed E-state index contributed by atoms with van der Waals surface area (Å²) in [6.45, 7) is 3.22. The second-order valence-corrected chi connectivity index (χ2v) is 7.91. The number of anilines is 1. The van der Waals surface area contributed by atoms with E-state index in [-0.39, 0.29) is 11.9 Å². The van der Waals surface area contributed by atoms with Crippen molar-refractivity contribution in [2.75, 3.05) is 38.2 Å². The Morgan fingerprint density at radius 3 is 2.36 bits per heavy atom. The minimum atomic E-state index is 0.0714. The molecule has 0 N–H and O–H groups in total. The average Bonchev–Trinajstić information content (AvgIpc) is 3.46. The summed E-state index contributed by atoms with van der Waals surface area (Å²) in [4.78, 5) is 18.6. The van der Waals surface area contributed by atoms with Crippen molar-refractivity contribution in [1.82, 2.24) is 9.47 Å². The van der Waals surface area contributed by atoms with Crippen molar-refractivity contribution < 1.29 is 9.53 Å². The maximum absolute atomic E-state index is 13.0. The number of hydrogen-bond donors (Lipinski definition) is 0. The maximum atomic E-state index is 13.0. The SMILES string of the molecule is COc1ccc(N2CCN(C(=O)C[C@@H](c3cccs3)n3cccc3)CC2)cc1. The molecule has 0 radical (unpaired) electrons. The highest BCUT2D eigenvalue weighted by Gasteiger charge is 2.25. The van der Waals surface area contributed by atoms with E-state index >= 15 is 0 Å². The van der Waals surface area contributed by atoms with Gasteiger partial charge in [0.1, 0.15) is 5.75 Å². The predicted octanol–water partition coefficient (Wildman–Crippen LogP) is 3.89. The van der Waals surface area contributed by atoms with Gasteiger partial charge in [0.05, 0.1) is 19.6 Å². The molecule has 4 rings (SSSR count). The molecule has 0 aliphatic carbocycles. The topological polar surface area (TPSA) is 37.7 Å². The van der Waals surface area contributed by atoms with Crippen molar-refractivity contribution in [1.29, 1.82) is 0 Å². The van der Waals surface area contributed by atoms with Gasteiger partial charge in [0.2, 0.25) is 5.91 Å². The van der Waals surface area contributed by atoms with Crippen LogP contribution in [0, 0.1) is 0 Å². The zero-order valence-electron chi connectivity index (χ0n) is 16.0. The Bertz CT molecular complexity index is 833. The monoisotopic (exact) mass is 395 g/mol. The van der Waals surface area contributed by atoms with Crippen molar-refractivity contribution in [3.8, 4) is 5.75 Å². The third kappa shape index (κ3) is 4.07. The van der Waals surface area contributed by atoms with E-state index in [1.165, 1.54) is 10.6 Å². The number of ether oxygens (including phenoxy) is 1. The number of piperazine rings is 1. The van der Waals surface area contributed by atoms with Crippen LogP contribution < -0.4 is 9.64 Å². The third-order valence-corrected chi connectivity index (χ3v) is 6.27. The molecule has 0 saturated carbocycles. The number of amides is 1. The first-order chi connectivity index (χ1) is 13.7. The van der Waals surface area contributed by atoms with Crippen LogP contribution in [0.2, 0.25) is 0 Å². The van der Waals surface area contributed by atoms with Crippen molar-refractivity contribution in [3.63, 3.8) is 0 Å². The first kappa shape index (κ1) is 18.6. The second-order valence-electron chi connectivity index (χ2n) is 6.93. The Hall–Kier alpha value is -2.73. The van der Waals surface area contributed by atoms with Crippen molar-refractivity contribution in [2.45, 2.75) is 12.5 Å². The molecule has 28 heavy (non-hydrogen) atoms. The number of nitrogens with zero attached hydrogens (tertiary/aromatic N) is 3. The summed E-state index contributed by atoms with van der Waals surface area (Å²) in [6, 6.07) is 16.4. The Morgan fingerprint density at radius 1 is 1.04 bits per heavy atom. The van der Waals surface area contributed by atoms with Gasteiger partial charge >= 0.3 is 0 Å². The van der Waals surface area contributed by atoms with Gasteiger partial charge in [-0.1, -0.05) is 6.07 Å². The van der Waals surface area contributed by atoms with E-state index in [4.69, 9.17) is 4.74 Å². The molecule has 1 aliphatic rings. The lowest BCUT2D eigenvalue weighted by molar-refractivity contribution is -0.132. The van der Waals surface area contributed by atoms with Gasteiger partial charge in [0.15, 0.2) is 0 Å². The molecule has 2 aromatic heterocycles. The molecule has 5 nitrogen and oxygen atoms in total. The number of carbonyl (C=O) groups excluding carboxylic acids is 1. The van der Waals surface area contributed by atoms with E-state index in [9.17, 15) is 4.79 Å². The number of aromatic nitrogens is 1. The average molecular weight is 396 g/mol. The Labute approximate surface area is 169 Å². The van der Waals surface area contributed by atoms with Crippen LogP contribution in [0.25, 0.3) is 0 Å². The van der Waals surface area contributed by atoms with Crippen molar-refractivity contribution in [3.05, 3.63) is 71.2 Å². The summed E-state index contributed by atoms with van der Waals surface area (Å²) in [5.41, 5.74) is 1.18. The predicted molar refractivity (Wildman–Crippen MR) is 113 cm³/mol. The molecule has 1 fully saturated rings. The molecule has 0 bridgehead atoms. The fraction of sp³-hybridized carbons (Fsp3) is 0.318. The van der Waals surface area contributed by atoms with Gasteiger partial charge < -0.3 is 19.1 Å². The summed E-state index contributed by atoms with van der Waals surface area (Å²) >= 11 is 1.71. The third-order valence-electron chi connectivity index (χ3n) is 5.30. The van der Waals surface area contributed by atoms with Crippen LogP contribution >= 0.6 is 11.3 Å². The van der Waals surface area contributed by atoms with Crippen LogP contribution in [0.4, 0.5) is 5.69 Å². The fourth-order valence-corrected chi connectivity index (χ4v) is 4.52. The second kappa shape index (κ2) is 8.52. The highest BCUT2D eigenvalue weighted by atomic mass is 32.1. The molecule has 1 saturated heterocycles. The molecule has 1 aliphatic heterocycles. The van der Waals surface area contributed by atoms with E-state index in [1.807, 2.05) is 41.6 Å². The van der Waals surface area contributed by atoms with Crippen LogP contribution in [-0.2, 0) is 4.79 Å². The molecular formula is C22H25N3O2S. The van der Waals surface area contributed by atoms with E-state index in [1.54, 1.807) is 18.4 Å². The van der Waals surface area contributed by atoms with Crippen LogP contribution in [0.15, 0.2) is 66.3 Å². The molecule has 1 amide bonds. The summed E-state index contributed by atoms with van der Waals surface area (Å²) in [7, 11) is 1.68. The lowest BCUT2D eigenvalue weighted by atomic mass is 10.1. The molecule has 146 valence electrons. The van der Waals surface area contributed by atoms with E-state index in [0.717, 1.165) is 31.9 Å². The van der Waals surface area contributed by atoms with Crippen LogP contribution in [0.3, 0.4) is 0 Å². The first-order valence-corrected chi connectivity index (χ1v) is 10.4. The summed E-state index contributed by atoms with van der Waals surface area (Å²) in [5, 5.41) is 2.07. The standard InChI is InChI=1S/C22H25N3O2S/c1-27-19-8-6-18(7-9-19)23-12-14-25(15-13-23)22(26)17-20(21-5-4-16-28-21)24-10-2-3-11-24/h2-11,16,20H,12-15,17H2,1H3/t20-/m0/s1. The highest BCUT2D eigenvalue weighted by molar-refractivity contribution is 7.10. The van der Waals surface area contributed by atoms with Crippen LogP contribution in [0.5, 0.6) is 5.75 Å². The molecule has 0 spiro atoms. The number of rotatable bonds is 6. The highest BCUT2D eigenvalue weighted by Crippen LogP contribution is 2.28. The van der Waals surface area contributed by atoms with Crippen LogP contribution in [0.1, 0.15) is 17.3 Å². The van der Waals surface area contributed by atoms with Gasteiger partial charge in [-0.15, -0.1) is 11.3 Å². The van der Waals surface area contributed by atoms with E-state index in [0.29, 0.717) is 6.42 Å². The van der Waals surface area contributed by atoms with Gasteiger partial charge in [-0.05, 0) is 47.8 Å². The van der Waals surface area contributed by atoms with Crippen LogP contribution in [-0.4, -0.2) is 48.7 Å². The van der Waals surface area contributed by atoms with Crippen molar-refractivity contribution >= 4 is 22.9 Å². The summed E-state index contributed by atoms with van der Waals surface area (Å²) in [5.74, 6) is 1.09. The smallest absolute Gasteiger partial charge is 0.225 e. The van der Waals surface area contributed by atoms with Gasteiger partial charge in [-0.3, -0.25) is 4.79 Å². The lowest BCUT2D eigenvalue weighted by Crippen LogP contribution is -2.49. The number of thiophene rings is 1. The normalized spacial score (nSPS) is 15.5. The maximum Gasteiger partial charge on any atom is 0.225 e. The number of hydrogen-bond acceptors (Lipinski definition) is 4. The van der Waals surface area contributed by atoms with Gasteiger partial charge in [0, 0.05) is 49.1 Å². The minimum absolute atomic E-state index is 0.0714. The fourth-order valence-electron chi connectivity index (χ4n) is 3.69. The Kier molecular flexibility index (Phi) is 5.67. The summed E-state index contributed by atoms with van der Waals surface area (Å²) < 4.78 is 7.37.